The molecule has 1 saturated heterocycles. The first-order chi connectivity index (χ1) is 13.1. The van der Waals surface area contributed by atoms with Gasteiger partial charge in [0.05, 0.1) is 6.04 Å². The van der Waals surface area contributed by atoms with E-state index < -0.39 is 0 Å². The van der Waals surface area contributed by atoms with E-state index in [0.717, 1.165) is 21.2 Å². The van der Waals surface area contributed by atoms with Crippen molar-refractivity contribution < 1.29 is 4.79 Å². The number of aromatic nitrogens is 1. The van der Waals surface area contributed by atoms with Gasteiger partial charge in [-0.3, -0.25) is 9.69 Å². The number of H-pyrrole nitrogens is 1. The van der Waals surface area contributed by atoms with Crippen molar-refractivity contribution in [2.45, 2.75) is 25.4 Å². The number of para-hydroxylation sites is 1. The molecule has 27 heavy (non-hydrogen) atoms. The van der Waals surface area contributed by atoms with Gasteiger partial charge in [-0.2, -0.15) is 0 Å². The fraction of sp³-hybridized carbons (Fsp3) is 0.238. The van der Waals surface area contributed by atoms with E-state index in [1.807, 2.05) is 31.2 Å². The summed E-state index contributed by atoms with van der Waals surface area (Å²) >= 11 is 9.46. The van der Waals surface area contributed by atoms with Gasteiger partial charge < -0.3 is 9.88 Å². The quantitative estimate of drug-likeness (QED) is 0.601. The first-order valence-electron chi connectivity index (χ1n) is 9.09. The number of carbonyl (C=O) groups excluding carboxylic acids is 1. The summed E-state index contributed by atoms with van der Waals surface area (Å²) in [5.41, 5.74) is 4.57. The summed E-state index contributed by atoms with van der Waals surface area (Å²) in [5.74, 6) is 0.107. The Balaban J connectivity index is 1.79. The summed E-state index contributed by atoms with van der Waals surface area (Å²) in [6, 6.07) is 16.1. The van der Waals surface area contributed by atoms with E-state index in [0.29, 0.717) is 18.1 Å². The van der Waals surface area contributed by atoms with E-state index in [1.54, 1.807) is 4.90 Å². The van der Waals surface area contributed by atoms with Gasteiger partial charge in [0.1, 0.15) is 6.04 Å². The van der Waals surface area contributed by atoms with Crippen LogP contribution in [-0.2, 0) is 11.2 Å². The number of nitrogens with one attached hydrogen (secondary N) is 1. The van der Waals surface area contributed by atoms with E-state index in [9.17, 15) is 4.79 Å². The third-order valence-electron chi connectivity index (χ3n) is 5.65. The lowest BCUT2D eigenvalue weighted by Gasteiger charge is -2.37. The van der Waals surface area contributed by atoms with Crippen LogP contribution in [0.3, 0.4) is 0 Å². The second-order valence-corrected chi connectivity index (χ2v) is 8.20. The Labute approximate surface area is 171 Å². The number of halogens is 1. The zero-order valence-corrected chi connectivity index (χ0v) is 17.2. The molecule has 1 aromatic heterocycles. The third-order valence-corrected chi connectivity index (χ3v) is 6.80. The summed E-state index contributed by atoms with van der Waals surface area (Å²) in [6.45, 7) is 2.58. The third kappa shape index (κ3) is 2.33. The Morgan fingerprint density at radius 1 is 1.19 bits per heavy atom. The van der Waals surface area contributed by atoms with Gasteiger partial charge >= 0.3 is 0 Å². The average molecular weight is 440 g/mol. The van der Waals surface area contributed by atoms with Crippen molar-refractivity contribution in [3.63, 3.8) is 0 Å². The highest BCUT2D eigenvalue weighted by molar-refractivity contribution is 9.10. The second-order valence-electron chi connectivity index (χ2n) is 6.98. The van der Waals surface area contributed by atoms with E-state index in [1.165, 1.54) is 10.9 Å². The zero-order valence-electron chi connectivity index (χ0n) is 14.8. The monoisotopic (exact) mass is 439 g/mol. The standard InChI is InChI=1S/C21H18BrN3OS/c1-2-24-20(26)17-11-14-12-7-4-6-10-16(12)23-18(14)19(25(17)21(24)27)13-8-3-5-9-15(13)22/h3-10,17,19,23H,2,11H2,1H3/t17-,19+/m0/s1. The lowest BCUT2D eigenvalue weighted by Crippen LogP contribution is -2.44. The Hall–Kier alpha value is -2.18. The minimum Gasteiger partial charge on any atom is -0.356 e. The summed E-state index contributed by atoms with van der Waals surface area (Å²) < 4.78 is 1.02. The number of hydrogen-bond acceptors (Lipinski definition) is 2. The minimum atomic E-state index is -0.249. The molecular weight excluding hydrogens is 422 g/mol. The Morgan fingerprint density at radius 3 is 2.70 bits per heavy atom. The molecule has 0 saturated carbocycles. The molecule has 136 valence electrons. The molecule has 2 aliphatic heterocycles. The molecule has 1 N–H and O–H groups in total. The molecule has 2 aliphatic rings. The van der Waals surface area contributed by atoms with Crippen LogP contribution in [-0.4, -0.2) is 38.4 Å². The Bertz CT molecular complexity index is 1090. The molecule has 3 heterocycles. The molecule has 1 fully saturated rings. The van der Waals surface area contributed by atoms with Crippen LogP contribution in [0.5, 0.6) is 0 Å². The molecule has 6 heteroatoms. The van der Waals surface area contributed by atoms with E-state index in [4.69, 9.17) is 12.2 Å². The van der Waals surface area contributed by atoms with Crippen LogP contribution in [0.15, 0.2) is 53.0 Å². The molecule has 0 aliphatic carbocycles. The first kappa shape index (κ1) is 17.0. The van der Waals surface area contributed by atoms with Gasteiger partial charge in [0.15, 0.2) is 5.11 Å². The van der Waals surface area contributed by atoms with Gasteiger partial charge in [-0.1, -0.05) is 52.3 Å². The number of thiocarbonyl (C=S) groups is 1. The van der Waals surface area contributed by atoms with Gasteiger partial charge in [0.25, 0.3) is 5.91 Å². The number of likely N-dealkylation sites (N-methyl/N-ethyl adjacent to an activating group) is 1. The van der Waals surface area contributed by atoms with Gasteiger partial charge in [0.2, 0.25) is 0 Å². The Morgan fingerprint density at radius 2 is 1.93 bits per heavy atom. The topological polar surface area (TPSA) is 39.3 Å². The van der Waals surface area contributed by atoms with Gasteiger partial charge in [-0.25, -0.2) is 0 Å². The maximum atomic E-state index is 13.1. The largest absolute Gasteiger partial charge is 0.356 e. The highest BCUT2D eigenvalue weighted by Crippen LogP contribution is 2.45. The highest BCUT2D eigenvalue weighted by atomic mass is 79.9. The van der Waals surface area contributed by atoms with Crippen molar-refractivity contribution in [3.8, 4) is 0 Å². The van der Waals surface area contributed by atoms with Crippen molar-refractivity contribution in [2.24, 2.45) is 0 Å². The predicted molar refractivity (Wildman–Crippen MR) is 114 cm³/mol. The molecular formula is C21H18BrN3OS. The van der Waals surface area contributed by atoms with Crippen LogP contribution in [0, 0.1) is 0 Å². The van der Waals surface area contributed by atoms with Crippen LogP contribution >= 0.6 is 28.1 Å². The van der Waals surface area contributed by atoms with Gasteiger partial charge in [0, 0.05) is 34.0 Å². The summed E-state index contributed by atoms with van der Waals surface area (Å²) in [5, 5.41) is 1.82. The molecule has 4 nitrogen and oxygen atoms in total. The normalized spacial score (nSPS) is 21.7. The van der Waals surface area contributed by atoms with Crippen LogP contribution in [0.2, 0.25) is 0 Å². The Kier molecular flexibility index (Phi) is 3.88. The molecule has 1 amide bonds. The highest BCUT2D eigenvalue weighted by Gasteiger charge is 2.50. The minimum absolute atomic E-state index is 0.107. The first-order valence-corrected chi connectivity index (χ1v) is 10.3. The van der Waals surface area contributed by atoms with Gasteiger partial charge in [-0.15, -0.1) is 0 Å². The number of rotatable bonds is 2. The van der Waals surface area contributed by atoms with Gasteiger partial charge in [-0.05, 0) is 42.4 Å². The van der Waals surface area contributed by atoms with Crippen LogP contribution < -0.4 is 0 Å². The number of hydrogen-bond donors (Lipinski definition) is 1. The lowest BCUT2D eigenvalue weighted by atomic mass is 9.89. The van der Waals surface area contributed by atoms with E-state index in [-0.39, 0.29) is 18.0 Å². The van der Waals surface area contributed by atoms with Crippen LogP contribution in [0.1, 0.15) is 29.8 Å². The number of carbonyl (C=O) groups is 1. The van der Waals surface area contributed by atoms with E-state index in [2.05, 4.69) is 50.1 Å². The molecule has 2 atom stereocenters. The maximum absolute atomic E-state index is 13.1. The number of aromatic amines is 1. The fourth-order valence-electron chi connectivity index (χ4n) is 4.44. The number of fused-ring (bicyclic) bond motifs is 4. The lowest BCUT2D eigenvalue weighted by molar-refractivity contribution is -0.128. The molecule has 0 spiro atoms. The average Bonchev–Trinajstić information content (AvgIpc) is 3.16. The SMILES string of the molecule is CCN1C(=O)[C@@H]2Cc3c([nH]c4ccccc34)[C@@H](c3ccccc3Br)N2C1=S. The summed E-state index contributed by atoms with van der Waals surface area (Å²) in [6.07, 6.45) is 0.676. The van der Waals surface area contributed by atoms with Crippen molar-refractivity contribution >= 4 is 50.1 Å². The summed E-state index contributed by atoms with van der Waals surface area (Å²) in [4.78, 5) is 20.6. The van der Waals surface area contributed by atoms with Crippen molar-refractivity contribution in [3.05, 3.63) is 69.8 Å². The zero-order chi connectivity index (χ0) is 18.7. The number of nitrogens with zero attached hydrogens (tertiary/aromatic N) is 2. The predicted octanol–water partition coefficient (Wildman–Crippen LogP) is 4.39. The molecule has 3 aromatic rings. The molecule has 2 aromatic carbocycles. The number of benzene rings is 2. The van der Waals surface area contributed by atoms with Crippen molar-refractivity contribution in [1.82, 2.24) is 14.8 Å². The van der Waals surface area contributed by atoms with Crippen LogP contribution in [0.25, 0.3) is 10.9 Å². The fourth-order valence-corrected chi connectivity index (χ4v) is 5.40. The van der Waals surface area contributed by atoms with E-state index >= 15 is 0 Å². The van der Waals surface area contributed by atoms with Crippen LogP contribution in [0.4, 0.5) is 0 Å². The molecule has 5 rings (SSSR count). The smallest absolute Gasteiger partial charge is 0.251 e. The molecule has 0 radical (unpaired) electrons. The number of amides is 1. The molecule has 0 unspecified atom stereocenters. The second kappa shape index (κ2) is 6.17. The molecule has 0 bridgehead atoms. The van der Waals surface area contributed by atoms with Crippen molar-refractivity contribution in [2.75, 3.05) is 6.54 Å². The maximum Gasteiger partial charge on any atom is 0.251 e. The summed E-state index contributed by atoms with van der Waals surface area (Å²) in [7, 11) is 0. The van der Waals surface area contributed by atoms with Crippen molar-refractivity contribution in [1.29, 1.82) is 0 Å².